The number of benzene rings is 6. The number of phenols is 1. The average Bonchev–Trinajstić information content (AvgIpc) is 3.11. The highest BCUT2D eigenvalue weighted by Gasteiger charge is 2.10. The van der Waals surface area contributed by atoms with E-state index < -0.39 is 11.9 Å². The van der Waals surface area contributed by atoms with Crippen LogP contribution in [0.2, 0.25) is 0 Å². The molecular formula is C38H36N10O5. The number of fused-ring (bicyclic) bond motifs is 2. The lowest BCUT2D eigenvalue weighted by Crippen LogP contribution is -2.21. The first-order valence-corrected chi connectivity index (χ1v) is 15.5. The predicted octanol–water partition coefficient (Wildman–Crippen LogP) is 4.37. The number of aromatic carboxylic acids is 1. The van der Waals surface area contributed by atoms with Gasteiger partial charge in [0, 0.05) is 11.1 Å². The fraction of sp³-hybridized carbons (Fsp3) is 0. The summed E-state index contributed by atoms with van der Waals surface area (Å²) in [6.07, 6.45) is 0. The van der Waals surface area contributed by atoms with Crippen molar-refractivity contribution in [1.82, 2.24) is 0 Å². The van der Waals surface area contributed by atoms with Crippen molar-refractivity contribution in [2.75, 3.05) is 0 Å². The number of carbonyl (C=O) groups excluding carboxylic acids is 1. The summed E-state index contributed by atoms with van der Waals surface area (Å²) in [5, 5.41) is 36.3. The Hall–Kier alpha value is -7.94. The Morgan fingerprint density at radius 1 is 0.509 bits per heavy atom. The molecule has 0 bridgehead atoms. The van der Waals surface area contributed by atoms with E-state index in [0.29, 0.717) is 33.8 Å². The lowest BCUT2D eigenvalue weighted by molar-refractivity contribution is 0.0694. The molecule has 0 aliphatic rings. The maximum absolute atomic E-state index is 12.3. The van der Waals surface area contributed by atoms with Crippen LogP contribution in [0, 0.1) is 10.8 Å². The summed E-state index contributed by atoms with van der Waals surface area (Å²) in [5.74, 6) is -0.837. The summed E-state index contributed by atoms with van der Waals surface area (Å²) in [7, 11) is 0. The smallest absolute Gasteiger partial charge is 0.343 e. The number of nitrogen functional groups attached to an aromatic ring is 2. The maximum atomic E-state index is 12.3. The van der Waals surface area contributed by atoms with Crippen LogP contribution in [0.1, 0.15) is 31.8 Å². The number of hydrogen-bond acceptors (Lipinski definition) is 8. The van der Waals surface area contributed by atoms with E-state index in [0.717, 1.165) is 21.5 Å². The molecular weight excluding hydrogens is 676 g/mol. The fourth-order valence-electron chi connectivity index (χ4n) is 4.67. The number of carbonyl (C=O) groups is 2. The van der Waals surface area contributed by atoms with Gasteiger partial charge in [0.1, 0.15) is 23.2 Å². The molecule has 0 aliphatic heterocycles. The Morgan fingerprint density at radius 2 is 0.906 bits per heavy atom. The van der Waals surface area contributed by atoms with Gasteiger partial charge in [-0.2, -0.15) is 0 Å². The third kappa shape index (κ3) is 11.0. The highest BCUT2D eigenvalue weighted by molar-refractivity contribution is 6.00. The van der Waals surface area contributed by atoms with Crippen molar-refractivity contribution in [1.29, 1.82) is 10.8 Å². The van der Waals surface area contributed by atoms with Crippen LogP contribution in [-0.4, -0.2) is 45.7 Å². The summed E-state index contributed by atoms with van der Waals surface area (Å²) < 4.78 is 5.42. The summed E-state index contributed by atoms with van der Waals surface area (Å²) in [6, 6.07) is 33.5. The highest BCUT2D eigenvalue weighted by Crippen LogP contribution is 2.24. The molecule has 268 valence electrons. The predicted molar refractivity (Wildman–Crippen MR) is 207 cm³/mol. The van der Waals surface area contributed by atoms with E-state index in [1.165, 1.54) is 24.3 Å². The van der Waals surface area contributed by atoms with E-state index in [4.69, 9.17) is 55.1 Å². The van der Waals surface area contributed by atoms with Crippen molar-refractivity contribution in [3.05, 3.63) is 144 Å². The van der Waals surface area contributed by atoms with Gasteiger partial charge in [-0.15, -0.1) is 0 Å². The molecule has 0 amide bonds. The number of nitrogens with one attached hydrogen (secondary N) is 2. The first-order valence-electron chi connectivity index (χ1n) is 15.5. The molecule has 0 unspecified atom stereocenters. The van der Waals surface area contributed by atoms with E-state index in [-0.39, 0.29) is 34.9 Å². The number of carboxylic acid groups (broad SMARTS) is 1. The SMILES string of the molecule is N=C(N)c1ccc2cc(O)ccc2c1.N=C(N)c1ccc2cc(OC(=O)c3ccc(N=C(N)N)cc3)ccc2c1.NC(N)=Nc1ccc(C(=O)O)cc1. The number of aromatic hydroxyl groups is 1. The van der Waals surface area contributed by atoms with Crippen LogP contribution in [0.3, 0.4) is 0 Å². The molecule has 15 heteroatoms. The minimum Gasteiger partial charge on any atom is -0.508 e. The molecule has 0 heterocycles. The van der Waals surface area contributed by atoms with Crippen LogP contribution in [0.5, 0.6) is 11.5 Å². The summed E-state index contributed by atoms with van der Waals surface area (Å²) in [5.41, 5.74) is 34.8. The first-order chi connectivity index (χ1) is 25.2. The minimum absolute atomic E-state index is 0.00609. The molecule has 6 aromatic rings. The number of hydrogen-bond donors (Lipinski definition) is 10. The quantitative estimate of drug-likeness (QED) is 0.0479. The topological polar surface area (TPSA) is 312 Å². The second-order valence-electron chi connectivity index (χ2n) is 11.2. The van der Waals surface area contributed by atoms with Crippen LogP contribution < -0.4 is 39.1 Å². The Morgan fingerprint density at radius 3 is 1.36 bits per heavy atom. The van der Waals surface area contributed by atoms with Gasteiger partial charge in [-0.1, -0.05) is 36.4 Å². The third-order valence-electron chi connectivity index (χ3n) is 7.20. The zero-order valence-corrected chi connectivity index (χ0v) is 28.0. The van der Waals surface area contributed by atoms with Crippen LogP contribution in [0.25, 0.3) is 21.5 Å². The van der Waals surface area contributed by atoms with Gasteiger partial charge in [0.05, 0.1) is 22.5 Å². The Balaban J connectivity index is 0.000000196. The largest absolute Gasteiger partial charge is 0.508 e. The molecule has 0 atom stereocenters. The van der Waals surface area contributed by atoms with Crippen molar-refractivity contribution in [2.24, 2.45) is 44.4 Å². The van der Waals surface area contributed by atoms with Crippen LogP contribution in [-0.2, 0) is 0 Å². The van der Waals surface area contributed by atoms with E-state index in [2.05, 4.69) is 9.98 Å². The summed E-state index contributed by atoms with van der Waals surface area (Å²) in [6.45, 7) is 0. The van der Waals surface area contributed by atoms with E-state index in [9.17, 15) is 14.7 Å². The molecule has 53 heavy (non-hydrogen) atoms. The standard InChI is InChI=1S/C19H17N5O2.C11H10N2O.C8H9N3O2/c20-17(21)14-2-1-13-10-16(8-5-12(13)9-14)26-18(25)11-3-6-15(7-4-11)24-19(22)23;12-11(13)9-2-1-8-6-10(14)4-3-7(8)5-9;9-8(10)11-6-3-1-5(2-4-6)7(12)13/h1-10H,(H3,20,21)(H4,22,23,24);1-6,14H,(H3,12,13);1-4H,(H,12,13)(H4,9,10,11). The van der Waals surface area contributed by atoms with Crippen LogP contribution in [0.15, 0.2) is 131 Å². The number of carboxylic acids is 1. The first kappa shape index (κ1) is 37.9. The van der Waals surface area contributed by atoms with Gasteiger partial charge in [-0.05, 0) is 106 Å². The average molecular weight is 713 g/mol. The number of rotatable bonds is 7. The number of phenolic OH excluding ortho intramolecular Hbond substituents is 1. The van der Waals surface area contributed by atoms with Crippen molar-refractivity contribution in [3.63, 3.8) is 0 Å². The molecule has 16 N–H and O–H groups in total. The summed E-state index contributed by atoms with van der Waals surface area (Å²) in [4.78, 5) is 30.4. The minimum atomic E-state index is -0.976. The van der Waals surface area contributed by atoms with Gasteiger partial charge >= 0.3 is 11.9 Å². The zero-order valence-electron chi connectivity index (χ0n) is 28.0. The summed E-state index contributed by atoms with van der Waals surface area (Å²) >= 11 is 0. The Bertz CT molecular complexity index is 2370. The van der Waals surface area contributed by atoms with Crippen LogP contribution >= 0.6 is 0 Å². The number of nitrogens with two attached hydrogens (primary N) is 6. The third-order valence-corrected chi connectivity index (χ3v) is 7.20. The van der Waals surface area contributed by atoms with Gasteiger partial charge in [0.2, 0.25) is 0 Å². The Kier molecular flexibility index (Phi) is 12.2. The lowest BCUT2D eigenvalue weighted by Gasteiger charge is -2.07. The van der Waals surface area contributed by atoms with E-state index >= 15 is 0 Å². The fourth-order valence-corrected chi connectivity index (χ4v) is 4.67. The monoisotopic (exact) mass is 712 g/mol. The number of esters is 1. The van der Waals surface area contributed by atoms with Crippen LogP contribution in [0.4, 0.5) is 11.4 Å². The number of ether oxygens (including phenoxy) is 1. The molecule has 6 aromatic carbocycles. The molecule has 0 radical (unpaired) electrons. The van der Waals surface area contributed by atoms with E-state index in [1.54, 1.807) is 66.7 Å². The van der Waals surface area contributed by atoms with Gasteiger partial charge < -0.3 is 49.4 Å². The van der Waals surface area contributed by atoms with Gasteiger partial charge in [-0.3, -0.25) is 10.8 Å². The highest BCUT2D eigenvalue weighted by atomic mass is 16.5. The normalized spacial score (nSPS) is 10.0. The molecule has 0 saturated heterocycles. The van der Waals surface area contributed by atoms with Gasteiger partial charge in [0.25, 0.3) is 0 Å². The van der Waals surface area contributed by atoms with Gasteiger partial charge in [-0.25, -0.2) is 19.6 Å². The number of nitrogens with zero attached hydrogens (tertiary/aromatic N) is 2. The second kappa shape index (κ2) is 17.1. The number of amidine groups is 2. The zero-order chi connectivity index (χ0) is 38.7. The molecule has 0 spiro atoms. The molecule has 0 fully saturated rings. The number of aliphatic imine (C=N–C) groups is 2. The molecule has 15 nitrogen and oxygen atoms in total. The molecule has 0 aromatic heterocycles. The molecule has 0 aliphatic carbocycles. The van der Waals surface area contributed by atoms with E-state index in [1.807, 2.05) is 30.3 Å². The molecule has 6 rings (SSSR count). The second-order valence-corrected chi connectivity index (χ2v) is 11.2. The molecule has 0 saturated carbocycles. The van der Waals surface area contributed by atoms with Crippen molar-refractivity contribution >= 4 is 68.4 Å². The Labute approximate surface area is 302 Å². The van der Waals surface area contributed by atoms with Crippen molar-refractivity contribution in [3.8, 4) is 11.5 Å². The lowest BCUT2D eigenvalue weighted by atomic mass is 10.1. The number of guanidine groups is 2. The van der Waals surface area contributed by atoms with Crippen molar-refractivity contribution in [2.45, 2.75) is 0 Å². The maximum Gasteiger partial charge on any atom is 0.343 e. The van der Waals surface area contributed by atoms with Gasteiger partial charge in [0.15, 0.2) is 11.9 Å². The van der Waals surface area contributed by atoms with Crippen molar-refractivity contribution < 1.29 is 24.5 Å².